The Morgan fingerprint density at radius 1 is 1.15 bits per heavy atom. The van der Waals surface area contributed by atoms with Gasteiger partial charge in [-0.25, -0.2) is 0 Å². The number of aliphatic hydroxyl groups excluding tert-OH is 2. The van der Waals surface area contributed by atoms with Crippen molar-refractivity contribution in [3.63, 3.8) is 0 Å². The van der Waals surface area contributed by atoms with Gasteiger partial charge in [-0.05, 0) is 37.0 Å². The van der Waals surface area contributed by atoms with Crippen molar-refractivity contribution in [3.05, 3.63) is 34.9 Å². The van der Waals surface area contributed by atoms with Crippen LogP contribution in [-0.2, 0) is 0 Å². The SMILES string of the molecule is OCCN(CCC(O)c1ccc(Cl)cc1)C1CCCC1. The lowest BCUT2D eigenvalue weighted by Crippen LogP contribution is -2.37. The highest BCUT2D eigenvalue weighted by atomic mass is 35.5. The summed E-state index contributed by atoms with van der Waals surface area (Å²) in [5.74, 6) is 0. The first-order valence-corrected chi connectivity index (χ1v) is 7.87. The third kappa shape index (κ3) is 4.45. The molecule has 1 saturated carbocycles. The molecule has 0 aromatic heterocycles. The van der Waals surface area contributed by atoms with Crippen molar-refractivity contribution in [1.29, 1.82) is 0 Å². The zero-order valence-electron chi connectivity index (χ0n) is 11.8. The quantitative estimate of drug-likeness (QED) is 0.813. The number of rotatable bonds is 7. The summed E-state index contributed by atoms with van der Waals surface area (Å²) in [5, 5.41) is 20.1. The van der Waals surface area contributed by atoms with Crippen molar-refractivity contribution < 1.29 is 10.2 Å². The summed E-state index contributed by atoms with van der Waals surface area (Å²) in [6, 6.07) is 7.95. The molecule has 1 fully saturated rings. The van der Waals surface area contributed by atoms with Gasteiger partial charge >= 0.3 is 0 Å². The highest BCUT2D eigenvalue weighted by Gasteiger charge is 2.22. The molecule has 1 aromatic carbocycles. The molecule has 20 heavy (non-hydrogen) atoms. The van der Waals surface area contributed by atoms with E-state index in [4.69, 9.17) is 11.6 Å². The van der Waals surface area contributed by atoms with E-state index in [1.54, 1.807) is 0 Å². The Bertz CT molecular complexity index is 390. The average Bonchev–Trinajstić information content (AvgIpc) is 2.98. The molecule has 2 rings (SSSR count). The van der Waals surface area contributed by atoms with Gasteiger partial charge in [0.25, 0.3) is 0 Å². The Balaban J connectivity index is 1.86. The summed E-state index contributed by atoms with van der Waals surface area (Å²) in [5.41, 5.74) is 0.907. The summed E-state index contributed by atoms with van der Waals surface area (Å²) in [7, 11) is 0. The summed E-state index contributed by atoms with van der Waals surface area (Å²) in [6.45, 7) is 1.72. The van der Waals surface area contributed by atoms with Crippen LogP contribution in [0.1, 0.15) is 43.8 Å². The zero-order chi connectivity index (χ0) is 14.4. The molecular weight excluding hydrogens is 274 g/mol. The van der Waals surface area contributed by atoms with Gasteiger partial charge in [-0.1, -0.05) is 36.6 Å². The van der Waals surface area contributed by atoms with Gasteiger partial charge in [0, 0.05) is 24.2 Å². The van der Waals surface area contributed by atoms with Gasteiger partial charge in [0.15, 0.2) is 0 Å². The number of benzene rings is 1. The number of aliphatic hydroxyl groups is 2. The van der Waals surface area contributed by atoms with E-state index >= 15 is 0 Å². The molecule has 1 aromatic rings. The summed E-state index contributed by atoms with van der Waals surface area (Å²) in [6.07, 6.45) is 5.24. The van der Waals surface area contributed by atoms with E-state index in [1.165, 1.54) is 25.7 Å². The van der Waals surface area contributed by atoms with Gasteiger partial charge in [-0.15, -0.1) is 0 Å². The highest BCUT2D eigenvalue weighted by molar-refractivity contribution is 6.30. The van der Waals surface area contributed by atoms with E-state index in [-0.39, 0.29) is 6.61 Å². The Morgan fingerprint density at radius 2 is 1.80 bits per heavy atom. The van der Waals surface area contributed by atoms with Crippen LogP contribution in [0.25, 0.3) is 0 Å². The molecule has 3 nitrogen and oxygen atoms in total. The Kier molecular flexibility index (Phi) is 6.30. The minimum atomic E-state index is -0.463. The van der Waals surface area contributed by atoms with Crippen molar-refractivity contribution in [2.45, 2.75) is 44.2 Å². The highest BCUT2D eigenvalue weighted by Crippen LogP contribution is 2.25. The molecule has 0 bridgehead atoms. The van der Waals surface area contributed by atoms with E-state index in [1.807, 2.05) is 24.3 Å². The fraction of sp³-hybridized carbons (Fsp3) is 0.625. The molecule has 1 atom stereocenters. The van der Waals surface area contributed by atoms with Crippen LogP contribution in [0.4, 0.5) is 0 Å². The standard InChI is InChI=1S/C16H24ClNO2/c17-14-7-5-13(6-8-14)16(20)9-10-18(11-12-19)15-3-1-2-4-15/h5-8,15-16,19-20H,1-4,9-12H2. The maximum atomic E-state index is 10.2. The maximum Gasteiger partial charge on any atom is 0.0802 e. The lowest BCUT2D eigenvalue weighted by atomic mass is 10.1. The fourth-order valence-electron chi connectivity index (χ4n) is 3.01. The Labute approximate surface area is 126 Å². The second-order valence-electron chi connectivity index (χ2n) is 5.55. The van der Waals surface area contributed by atoms with Crippen LogP contribution in [0.15, 0.2) is 24.3 Å². The second-order valence-corrected chi connectivity index (χ2v) is 5.99. The number of halogens is 1. The molecule has 0 saturated heterocycles. The zero-order valence-corrected chi connectivity index (χ0v) is 12.6. The first-order chi connectivity index (χ1) is 9.70. The van der Waals surface area contributed by atoms with Gasteiger partial charge in [0.2, 0.25) is 0 Å². The molecule has 0 spiro atoms. The van der Waals surface area contributed by atoms with Crippen molar-refractivity contribution >= 4 is 11.6 Å². The van der Waals surface area contributed by atoms with Crippen LogP contribution >= 0.6 is 11.6 Å². The average molecular weight is 298 g/mol. The van der Waals surface area contributed by atoms with Gasteiger partial charge in [0.05, 0.1) is 12.7 Å². The fourth-order valence-corrected chi connectivity index (χ4v) is 3.14. The normalized spacial score (nSPS) is 17.8. The lowest BCUT2D eigenvalue weighted by molar-refractivity contribution is 0.108. The van der Waals surface area contributed by atoms with Crippen molar-refractivity contribution in [2.75, 3.05) is 19.7 Å². The van der Waals surface area contributed by atoms with Gasteiger partial charge in [-0.3, -0.25) is 4.90 Å². The molecule has 1 aliphatic carbocycles. The number of nitrogens with zero attached hydrogens (tertiary/aromatic N) is 1. The molecule has 112 valence electrons. The van der Waals surface area contributed by atoms with Crippen molar-refractivity contribution in [2.24, 2.45) is 0 Å². The van der Waals surface area contributed by atoms with Crippen molar-refractivity contribution in [1.82, 2.24) is 4.90 Å². The number of hydrogen-bond donors (Lipinski definition) is 2. The van der Waals surface area contributed by atoms with Crippen molar-refractivity contribution in [3.8, 4) is 0 Å². The molecule has 1 aliphatic rings. The molecule has 0 aliphatic heterocycles. The summed E-state index contributed by atoms with van der Waals surface area (Å²) in [4.78, 5) is 2.33. The predicted octanol–water partition coefficient (Wildman–Crippen LogP) is 3.00. The third-order valence-corrected chi connectivity index (χ3v) is 4.42. The molecule has 2 N–H and O–H groups in total. The van der Waals surface area contributed by atoms with Crippen LogP contribution in [0.2, 0.25) is 5.02 Å². The van der Waals surface area contributed by atoms with Gasteiger partial charge < -0.3 is 10.2 Å². The second kappa shape index (κ2) is 7.99. The summed E-state index contributed by atoms with van der Waals surface area (Å²) >= 11 is 5.85. The number of hydrogen-bond acceptors (Lipinski definition) is 3. The van der Waals surface area contributed by atoms with E-state index in [9.17, 15) is 10.2 Å². The predicted molar refractivity (Wildman–Crippen MR) is 81.9 cm³/mol. The minimum absolute atomic E-state index is 0.188. The summed E-state index contributed by atoms with van der Waals surface area (Å²) < 4.78 is 0. The van der Waals surface area contributed by atoms with E-state index in [0.29, 0.717) is 24.0 Å². The van der Waals surface area contributed by atoms with Crippen LogP contribution in [-0.4, -0.2) is 40.9 Å². The lowest BCUT2D eigenvalue weighted by Gasteiger charge is -2.29. The molecule has 1 unspecified atom stereocenters. The van der Waals surface area contributed by atoms with Crippen LogP contribution < -0.4 is 0 Å². The molecule has 0 radical (unpaired) electrons. The van der Waals surface area contributed by atoms with Gasteiger partial charge in [-0.2, -0.15) is 0 Å². The topological polar surface area (TPSA) is 43.7 Å². The molecule has 0 amide bonds. The van der Waals surface area contributed by atoms with Crippen LogP contribution in [0.3, 0.4) is 0 Å². The molecule has 4 heteroatoms. The first-order valence-electron chi connectivity index (χ1n) is 7.49. The van der Waals surface area contributed by atoms with E-state index in [0.717, 1.165) is 12.1 Å². The smallest absolute Gasteiger partial charge is 0.0802 e. The molecular formula is C16H24ClNO2. The largest absolute Gasteiger partial charge is 0.395 e. The first kappa shape index (κ1) is 15.8. The minimum Gasteiger partial charge on any atom is -0.395 e. The Hall–Kier alpha value is -0.610. The van der Waals surface area contributed by atoms with Gasteiger partial charge in [0.1, 0.15) is 0 Å². The van der Waals surface area contributed by atoms with E-state index < -0.39 is 6.10 Å². The third-order valence-electron chi connectivity index (χ3n) is 4.17. The van der Waals surface area contributed by atoms with Crippen LogP contribution in [0.5, 0.6) is 0 Å². The monoisotopic (exact) mass is 297 g/mol. The van der Waals surface area contributed by atoms with Crippen LogP contribution in [0, 0.1) is 0 Å². The van der Waals surface area contributed by atoms with E-state index in [2.05, 4.69) is 4.90 Å². The maximum absolute atomic E-state index is 10.2. The molecule has 0 heterocycles. The Morgan fingerprint density at radius 3 is 2.40 bits per heavy atom.